The number of fused-ring (bicyclic) bond motifs is 1. The summed E-state index contributed by atoms with van der Waals surface area (Å²) in [5.74, 6) is 0. The van der Waals surface area contributed by atoms with Crippen LogP contribution in [0.3, 0.4) is 0 Å². The molecule has 2 rings (SSSR count). The van der Waals surface area contributed by atoms with E-state index in [2.05, 4.69) is 4.98 Å². The maximum absolute atomic E-state index is 12.8. The first-order valence-electron chi connectivity index (χ1n) is 4.18. The summed E-state index contributed by atoms with van der Waals surface area (Å²) in [4.78, 5) is 13.9. The molecular weight excluding hydrogens is 224 g/mol. The number of para-hydroxylation sites is 1. The van der Waals surface area contributed by atoms with Crippen molar-refractivity contribution in [3.63, 3.8) is 0 Å². The predicted octanol–water partition coefficient (Wildman–Crippen LogP) is 2.82. The molecule has 1 aromatic carbocycles. The zero-order chi connectivity index (χ0) is 11.1. The van der Waals surface area contributed by atoms with Crippen molar-refractivity contribution in [1.82, 2.24) is 4.98 Å². The van der Waals surface area contributed by atoms with Gasteiger partial charge < -0.3 is 4.98 Å². The standard InChI is InChI=1S/C10H6ClF2NO/c11-10(12,13)9-5-8(15)6-3-1-2-4-7(6)14-9/h1-5H,(H,14,15). The summed E-state index contributed by atoms with van der Waals surface area (Å²) < 4.78 is 25.5. The Bertz CT molecular complexity index is 559. The minimum absolute atomic E-state index is 0.348. The number of nitrogens with one attached hydrogen (secondary N) is 1. The Morgan fingerprint density at radius 3 is 2.60 bits per heavy atom. The molecule has 78 valence electrons. The van der Waals surface area contributed by atoms with Crippen LogP contribution in [-0.2, 0) is 5.38 Å². The lowest BCUT2D eigenvalue weighted by Gasteiger charge is -2.08. The van der Waals surface area contributed by atoms with E-state index in [-0.39, 0.29) is 0 Å². The zero-order valence-electron chi connectivity index (χ0n) is 7.43. The fraction of sp³-hybridized carbons (Fsp3) is 0.100. The van der Waals surface area contributed by atoms with E-state index >= 15 is 0 Å². The van der Waals surface area contributed by atoms with Crippen molar-refractivity contribution in [3.05, 3.63) is 46.2 Å². The molecule has 0 fully saturated rings. The van der Waals surface area contributed by atoms with E-state index in [9.17, 15) is 13.6 Å². The zero-order valence-corrected chi connectivity index (χ0v) is 8.18. The Morgan fingerprint density at radius 2 is 1.93 bits per heavy atom. The Balaban J connectivity index is 2.79. The van der Waals surface area contributed by atoms with Crippen LogP contribution in [0.25, 0.3) is 10.9 Å². The van der Waals surface area contributed by atoms with E-state index in [1.807, 2.05) is 0 Å². The quantitative estimate of drug-likeness (QED) is 0.750. The van der Waals surface area contributed by atoms with Gasteiger partial charge in [0, 0.05) is 17.0 Å². The van der Waals surface area contributed by atoms with Crippen LogP contribution in [0.2, 0.25) is 0 Å². The average molecular weight is 230 g/mol. The smallest absolute Gasteiger partial charge is 0.352 e. The minimum atomic E-state index is -3.55. The number of pyridine rings is 1. The molecule has 0 spiro atoms. The fourth-order valence-corrected chi connectivity index (χ4v) is 1.45. The van der Waals surface area contributed by atoms with E-state index in [0.29, 0.717) is 10.9 Å². The molecule has 0 aliphatic rings. The third kappa shape index (κ3) is 1.85. The van der Waals surface area contributed by atoms with E-state index < -0.39 is 16.5 Å². The Morgan fingerprint density at radius 1 is 1.27 bits per heavy atom. The fourth-order valence-electron chi connectivity index (χ4n) is 1.35. The molecule has 2 nitrogen and oxygen atoms in total. The second-order valence-electron chi connectivity index (χ2n) is 3.09. The van der Waals surface area contributed by atoms with Gasteiger partial charge in [-0.2, -0.15) is 8.78 Å². The molecule has 1 N–H and O–H groups in total. The Labute approximate surface area is 88.5 Å². The van der Waals surface area contributed by atoms with Gasteiger partial charge in [0.05, 0.1) is 0 Å². The van der Waals surface area contributed by atoms with Gasteiger partial charge in [0.25, 0.3) is 0 Å². The highest BCUT2D eigenvalue weighted by Gasteiger charge is 2.29. The highest BCUT2D eigenvalue weighted by atomic mass is 35.5. The number of aromatic nitrogens is 1. The minimum Gasteiger partial charge on any atom is -0.352 e. The summed E-state index contributed by atoms with van der Waals surface area (Å²) in [5.41, 5.74) is -0.715. The lowest BCUT2D eigenvalue weighted by Crippen LogP contribution is -2.12. The molecule has 15 heavy (non-hydrogen) atoms. The maximum atomic E-state index is 12.8. The molecule has 0 aliphatic carbocycles. The maximum Gasteiger partial charge on any atom is 0.362 e. The van der Waals surface area contributed by atoms with Gasteiger partial charge >= 0.3 is 5.38 Å². The number of alkyl halides is 3. The summed E-state index contributed by atoms with van der Waals surface area (Å²) >= 11 is 4.83. The normalized spacial score (nSPS) is 11.9. The lowest BCUT2D eigenvalue weighted by molar-refractivity contribution is 0.0903. The number of hydrogen-bond donors (Lipinski definition) is 1. The van der Waals surface area contributed by atoms with Crippen molar-refractivity contribution in [2.24, 2.45) is 0 Å². The van der Waals surface area contributed by atoms with Crippen LogP contribution in [0, 0.1) is 0 Å². The van der Waals surface area contributed by atoms with Gasteiger partial charge in [0.2, 0.25) is 0 Å². The average Bonchev–Trinajstić information content (AvgIpc) is 2.16. The molecule has 2 aromatic rings. The summed E-state index contributed by atoms with van der Waals surface area (Å²) in [5, 5.41) is -3.19. The Hall–Kier alpha value is -1.42. The number of halogens is 3. The van der Waals surface area contributed by atoms with Crippen molar-refractivity contribution < 1.29 is 8.78 Å². The molecule has 0 unspecified atom stereocenters. The third-order valence-electron chi connectivity index (χ3n) is 2.04. The van der Waals surface area contributed by atoms with Crippen molar-refractivity contribution in [2.75, 3.05) is 0 Å². The highest BCUT2D eigenvalue weighted by molar-refractivity contribution is 6.21. The summed E-state index contributed by atoms with van der Waals surface area (Å²) in [6.45, 7) is 0. The molecule has 0 atom stereocenters. The van der Waals surface area contributed by atoms with Gasteiger partial charge in [0.1, 0.15) is 5.69 Å². The largest absolute Gasteiger partial charge is 0.362 e. The second-order valence-corrected chi connectivity index (χ2v) is 3.57. The number of benzene rings is 1. The van der Waals surface area contributed by atoms with E-state index in [0.717, 1.165) is 6.07 Å². The van der Waals surface area contributed by atoms with Crippen molar-refractivity contribution in [2.45, 2.75) is 5.38 Å². The van der Waals surface area contributed by atoms with Gasteiger partial charge in [-0.3, -0.25) is 4.79 Å². The number of aromatic amines is 1. The monoisotopic (exact) mass is 229 g/mol. The summed E-state index contributed by atoms with van der Waals surface area (Å²) in [6.07, 6.45) is 0. The molecule has 0 saturated heterocycles. The molecule has 0 radical (unpaired) electrons. The molecule has 5 heteroatoms. The van der Waals surface area contributed by atoms with Gasteiger partial charge in [-0.05, 0) is 23.7 Å². The summed E-state index contributed by atoms with van der Waals surface area (Å²) in [7, 11) is 0. The van der Waals surface area contributed by atoms with Crippen molar-refractivity contribution >= 4 is 22.5 Å². The van der Waals surface area contributed by atoms with E-state index in [4.69, 9.17) is 11.6 Å². The molecule has 1 heterocycles. The molecule has 0 amide bonds. The molecule has 0 bridgehead atoms. The summed E-state index contributed by atoms with van der Waals surface area (Å²) in [6, 6.07) is 7.23. The topological polar surface area (TPSA) is 32.9 Å². The van der Waals surface area contributed by atoms with Crippen molar-refractivity contribution in [1.29, 1.82) is 0 Å². The van der Waals surface area contributed by atoms with Crippen molar-refractivity contribution in [3.8, 4) is 0 Å². The SMILES string of the molecule is O=c1cc(C(F)(F)Cl)[nH]c2ccccc12. The van der Waals surface area contributed by atoms with Crippen LogP contribution in [0.4, 0.5) is 8.78 Å². The van der Waals surface area contributed by atoms with Crippen LogP contribution in [0.5, 0.6) is 0 Å². The van der Waals surface area contributed by atoms with Crippen LogP contribution >= 0.6 is 11.6 Å². The van der Waals surface area contributed by atoms with Gasteiger partial charge in [-0.15, -0.1) is 0 Å². The van der Waals surface area contributed by atoms with Crippen LogP contribution in [-0.4, -0.2) is 4.98 Å². The van der Waals surface area contributed by atoms with Crippen LogP contribution in [0.1, 0.15) is 5.69 Å². The molecule has 0 saturated carbocycles. The number of H-pyrrole nitrogens is 1. The Kier molecular flexibility index (Phi) is 2.23. The molecule has 1 aromatic heterocycles. The lowest BCUT2D eigenvalue weighted by atomic mass is 10.2. The van der Waals surface area contributed by atoms with Crippen LogP contribution in [0.15, 0.2) is 35.1 Å². The first kappa shape index (κ1) is 10.1. The van der Waals surface area contributed by atoms with Crippen LogP contribution < -0.4 is 5.43 Å². The number of hydrogen-bond acceptors (Lipinski definition) is 1. The van der Waals surface area contributed by atoms with Gasteiger partial charge in [-0.25, -0.2) is 0 Å². The van der Waals surface area contributed by atoms with E-state index in [1.165, 1.54) is 0 Å². The molecular formula is C10H6ClF2NO. The molecule has 0 aliphatic heterocycles. The van der Waals surface area contributed by atoms with Gasteiger partial charge in [0.15, 0.2) is 5.43 Å². The third-order valence-corrected chi connectivity index (χ3v) is 2.25. The predicted molar refractivity (Wildman–Crippen MR) is 54.3 cm³/mol. The second kappa shape index (κ2) is 3.31. The van der Waals surface area contributed by atoms with Gasteiger partial charge in [-0.1, -0.05) is 12.1 Å². The number of rotatable bonds is 1. The van der Waals surface area contributed by atoms with E-state index in [1.54, 1.807) is 24.3 Å². The highest BCUT2D eigenvalue weighted by Crippen LogP contribution is 2.30. The first-order chi connectivity index (χ1) is 6.98. The first-order valence-corrected chi connectivity index (χ1v) is 4.55.